The number of urea groups is 1. The number of primary amides is 1. The van der Waals surface area contributed by atoms with Gasteiger partial charge in [0.2, 0.25) is 5.91 Å². The SMILES string of the molecule is CCCc1ccc([C@H](N[C@H](C(=O)NC(N)=O)c2ccccc2)C(C)C)cc1. The van der Waals surface area contributed by atoms with Gasteiger partial charge in [-0.1, -0.05) is 81.8 Å². The highest BCUT2D eigenvalue weighted by Crippen LogP contribution is 2.26. The minimum atomic E-state index is -0.854. The molecule has 0 saturated heterocycles. The molecule has 2 atom stereocenters. The smallest absolute Gasteiger partial charge is 0.318 e. The normalized spacial score (nSPS) is 13.2. The molecule has 0 aliphatic heterocycles. The highest BCUT2D eigenvalue weighted by Gasteiger charge is 2.27. The Kier molecular flexibility index (Phi) is 7.55. The van der Waals surface area contributed by atoms with E-state index in [1.807, 2.05) is 30.3 Å². The van der Waals surface area contributed by atoms with E-state index in [2.05, 4.69) is 55.7 Å². The van der Waals surface area contributed by atoms with Gasteiger partial charge in [0.1, 0.15) is 6.04 Å². The summed E-state index contributed by atoms with van der Waals surface area (Å²) in [5.74, 6) is -0.212. The summed E-state index contributed by atoms with van der Waals surface area (Å²) in [5.41, 5.74) is 8.35. The van der Waals surface area contributed by atoms with Gasteiger partial charge in [-0.25, -0.2) is 4.79 Å². The zero-order valence-corrected chi connectivity index (χ0v) is 16.2. The van der Waals surface area contributed by atoms with Crippen LogP contribution in [0.1, 0.15) is 56.0 Å². The molecule has 0 fully saturated rings. The fourth-order valence-electron chi connectivity index (χ4n) is 3.20. The van der Waals surface area contributed by atoms with Crippen LogP contribution in [-0.4, -0.2) is 11.9 Å². The van der Waals surface area contributed by atoms with E-state index in [1.165, 1.54) is 5.56 Å². The molecule has 5 heteroatoms. The Labute approximate surface area is 161 Å². The first-order valence-electron chi connectivity index (χ1n) is 9.42. The Morgan fingerprint density at radius 2 is 1.59 bits per heavy atom. The van der Waals surface area contributed by atoms with Crippen LogP contribution >= 0.6 is 0 Å². The summed E-state index contributed by atoms with van der Waals surface area (Å²) in [6.07, 6.45) is 2.16. The maximum Gasteiger partial charge on any atom is 0.318 e. The number of benzene rings is 2. The highest BCUT2D eigenvalue weighted by atomic mass is 16.2. The Morgan fingerprint density at radius 1 is 0.963 bits per heavy atom. The third kappa shape index (κ3) is 5.93. The number of amides is 3. The van der Waals surface area contributed by atoms with Gasteiger partial charge in [-0.3, -0.25) is 15.4 Å². The molecule has 0 aliphatic carbocycles. The Balaban J connectivity index is 2.30. The van der Waals surface area contributed by atoms with Crippen LogP contribution in [0.15, 0.2) is 54.6 Å². The van der Waals surface area contributed by atoms with Crippen LogP contribution < -0.4 is 16.4 Å². The van der Waals surface area contributed by atoms with Crippen molar-refractivity contribution in [3.05, 3.63) is 71.3 Å². The third-order valence-corrected chi connectivity index (χ3v) is 4.53. The topological polar surface area (TPSA) is 84.2 Å². The molecule has 4 N–H and O–H groups in total. The van der Waals surface area contributed by atoms with Gasteiger partial charge >= 0.3 is 6.03 Å². The summed E-state index contributed by atoms with van der Waals surface area (Å²) in [7, 11) is 0. The van der Waals surface area contributed by atoms with Crippen LogP contribution in [0.4, 0.5) is 4.79 Å². The number of imide groups is 1. The fourth-order valence-corrected chi connectivity index (χ4v) is 3.20. The van der Waals surface area contributed by atoms with E-state index in [9.17, 15) is 9.59 Å². The van der Waals surface area contributed by atoms with E-state index in [0.29, 0.717) is 0 Å². The van der Waals surface area contributed by atoms with Gasteiger partial charge in [0, 0.05) is 6.04 Å². The first-order valence-corrected chi connectivity index (χ1v) is 9.42. The molecule has 144 valence electrons. The number of nitrogens with two attached hydrogens (primary N) is 1. The molecule has 27 heavy (non-hydrogen) atoms. The zero-order chi connectivity index (χ0) is 19.8. The monoisotopic (exact) mass is 367 g/mol. The molecular weight excluding hydrogens is 338 g/mol. The molecule has 0 heterocycles. The third-order valence-electron chi connectivity index (χ3n) is 4.53. The summed E-state index contributed by atoms with van der Waals surface area (Å²) < 4.78 is 0. The zero-order valence-electron chi connectivity index (χ0n) is 16.2. The summed E-state index contributed by atoms with van der Waals surface area (Å²) in [6, 6.07) is 16.2. The molecule has 0 bridgehead atoms. The Bertz CT molecular complexity index is 742. The van der Waals surface area contributed by atoms with E-state index in [-0.39, 0.29) is 12.0 Å². The van der Waals surface area contributed by atoms with Crippen molar-refractivity contribution in [3.63, 3.8) is 0 Å². The molecule has 0 aromatic heterocycles. The van der Waals surface area contributed by atoms with Crippen molar-refractivity contribution in [3.8, 4) is 0 Å². The number of hydrogen-bond donors (Lipinski definition) is 3. The Morgan fingerprint density at radius 3 is 2.11 bits per heavy atom. The van der Waals surface area contributed by atoms with E-state index in [0.717, 1.165) is 24.0 Å². The first kappa shape index (κ1) is 20.6. The van der Waals surface area contributed by atoms with Crippen molar-refractivity contribution in [1.29, 1.82) is 0 Å². The lowest BCUT2D eigenvalue weighted by molar-refractivity contribution is -0.122. The molecule has 2 aromatic carbocycles. The van der Waals surface area contributed by atoms with Gasteiger partial charge < -0.3 is 5.73 Å². The number of carbonyl (C=O) groups excluding carboxylic acids is 2. The van der Waals surface area contributed by atoms with Crippen molar-refractivity contribution in [1.82, 2.24) is 10.6 Å². The summed E-state index contributed by atoms with van der Waals surface area (Å²) in [6.45, 7) is 6.37. The molecule has 0 unspecified atom stereocenters. The van der Waals surface area contributed by atoms with Gasteiger partial charge in [0.25, 0.3) is 0 Å². The van der Waals surface area contributed by atoms with Crippen LogP contribution in [0.2, 0.25) is 0 Å². The molecule has 3 amide bonds. The van der Waals surface area contributed by atoms with E-state index in [4.69, 9.17) is 5.73 Å². The number of rotatable bonds is 8. The summed E-state index contributed by atoms with van der Waals surface area (Å²) in [5, 5.41) is 5.62. The summed E-state index contributed by atoms with van der Waals surface area (Å²) in [4.78, 5) is 23.8. The van der Waals surface area contributed by atoms with Gasteiger partial charge in [-0.15, -0.1) is 0 Å². The van der Waals surface area contributed by atoms with Crippen LogP contribution in [0.3, 0.4) is 0 Å². The average molecular weight is 367 g/mol. The predicted molar refractivity (Wildman–Crippen MR) is 108 cm³/mol. The number of aryl methyl sites for hydroxylation is 1. The first-order chi connectivity index (χ1) is 12.9. The van der Waals surface area contributed by atoms with Crippen molar-refractivity contribution >= 4 is 11.9 Å². The quantitative estimate of drug-likeness (QED) is 0.662. The van der Waals surface area contributed by atoms with E-state index >= 15 is 0 Å². The molecule has 2 aromatic rings. The second kappa shape index (κ2) is 9.88. The van der Waals surface area contributed by atoms with Crippen LogP contribution in [0, 0.1) is 5.92 Å². The van der Waals surface area contributed by atoms with Crippen LogP contribution in [0.25, 0.3) is 0 Å². The second-order valence-corrected chi connectivity index (χ2v) is 7.08. The molecule has 0 radical (unpaired) electrons. The highest BCUT2D eigenvalue weighted by molar-refractivity contribution is 5.96. The van der Waals surface area contributed by atoms with Crippen molar-refractivity contribution < 1.29 is 9.59 Å². The lowest BCUT2D eigenvalue weighted by Gasteiger charge is -2.28. The van der Waals surface area contributed by atoms with Gasteiger partial charge in [0.15, 0.2) is 0 Å². The summed E-state index contributed by atoms with van der Waals surface area (Å²) >= 11 is 0. The molecule has 0 aliphatic rings. The minimum Gasteiger partial charge on any atom is -0.351 e. The van der Waals surface area contributed by atoms with Crippen LogP contribution in [-0.2, 0) is 11.2 Å². The largest absolute Gasteiger partial charge is 0.351 e. The molecule has 5 nitrogen and oxygen atoms in total. The van der Waals surface area contributed by atoms with Gasteiger partial charge in [-0.05, 0) is 29.0 Å². The second-order valence-electron chi connectivity index (χ2n) is 7.08. The van der Waals surface area contributed by atoms with E-state index in [1.54, 1.807) is 0 Å². The molecule has 0 spiro atoms. The molecule has 2 rings (SSSR count). The maximum atomic E-state index is 12.6. The van der Waals surface area contributed by atoms with E-state index < -0.39 is 18.0 Å². The fraction of sp³-hybridized carbons (Fsp3) is 0.364. The molecular formula is C22H29N3O2. The van der Waals surface area contributed by atoms with Crippen molar-refractivity contribution in [2.24, 2.45) is 11.7 Å². The number of carbonyl (C=O) groups is 2. The standard InChI is InChI=1S/C22H29N3O2/c1-4-8-16-11-13-18(14-12-16)19(15(2)3)24-20(21(26)25-22(23)27)17-9-6-5-7-10-17/h5-7,9-15,19-20,24H,4,8H2,1-3H3,(H3,23,25,26,27)/t19-,20+/m1/s1. The maximum absolute atomic E-state index is 12.6. The minimum absolute atomic E-state index is 0.0514. The Hall–Kier alpha value is -2.66. The van der Waals surface area contributed by atoms with Crippen molar-refractivity contribution in [2.45, 2.75) is 45.7 Å². The predicted octanol–water partition coefficient (Wildman–Crippen LogP) is 3.86. The van der Waals surface area contributed by atoms with Crippen molar-refractivity contribution in [2.75, 3.05) is 0 Å². The molecule has 0 saturated carbocycles. The number of nitrogens with one attached hydrogen (secondary N) is 2. The van der Waals surface area contributed by atoms with Gasteiger partial charge in [0.05, 0.1) is 0 Å². The van der Waals surface area contributed by atoms with Crippen LogP contribution in [0.5, 0.6) is 0 Å². The average Bonchev–Trinajstić information content (AvgIpc) is 2.63. The lowest BCUT2D eigenvalue weighted by atomic mass is 9.92. The lowest BCUT2D eigenvalue weighted by Crippen LogP contribution is -2.44. The number of hydrogen-bond acceptors (Lipinski definition) is 3. The van der Waals surface area contributed by atoms with Gasteiger partial charge in [-0.2, -0.15) is 0 Å².